The Morgan fingerprint density at radius 3 is 2.58 bits per heavy atom. The van der Waals surface area contributed by atoms with Crippen molar-refractivity contribution in [3.8, 4) is 17.5 Å². The Morgan fingerprint density at radius 2 is 1.85 bits per heavy atom. The first-order valence-corrected chi connectivity index (χ1v) is 12.1. The number of aromatic amines is 1. The van der Waals surface area contributed by atoms with Crippen LogP contribution in [0.15, 0.2) is 36.4 Å². The third-order valence-electron chi connectivity index (χ3n) is 4.54. The number of H-pyrrole nitrogens is 1. The molecule has 1 aliphatic rings. The van der Waals surface area contributed by atoms with E-state index in [9.17, 15) is 4.79 Å². The maximum absolute atomic E-state index is 13.0. The molecular formula is C22H18N2OSi. The Balaban J connectivity index is 1.83. The molecule has 0 bridgehead atoms. The van der Waals surface area contributed by atoms with Crippen molar-refractivity contribution in [2.24, 2.45) is 0 Å². The smallest absolute Gasteiger partial charge is 0.195 e. The molecule has 0 saturated heterocycles. The second-order valence-electron chi connectivity index (χ2n) is 7.73. The van der Waals surface area contributed by atoms with Gasteiger partial charge in [-0.1, -0.05) is 37.7 Å². The topological polar surface area (TPSA) is 56.6 Å². The molecule has 4 rings (SSSR count). The van der Waals surface area contributed by atoms with E-state index in [0.29, 0.717) is 17.5 Å². The first-order chi connectivity index (χ1) is 12.4. The van der Waals surface area contributed by atoms with Crippen LogP contribution in [-0.2, 0) is 6.42 Å². The summed E-state index contributed by atoms with van der Waals surface area (Å²) in [5, 5.41) is 10.0. The van der Waals surface area contributed by atoms with Gasteiger partial charge in [0.15, 0.2) is 5.78 Å². The number of nitrogens with zero attached hydrogens (tertiary/aromatic N) is 1. The van der Waals surface area contributed by atoms with Gasteiger partial charge in [0.2, 0.25) is 0 Å². The predicted molar refractivity (Wildman–Crippen MR) is 106 cm³/mol. The Kier molecular flexibility index (Phi) is 3.61. The number of hydrogen-bond donors (Lipinski definition) is 1. The average Bonchev–Trinajstić information content (AvgIpc) is 2.97. The van der Waals surface area contributed by atoms with Crippen molar-refractivity contribution >= 4 is 24.8 Å². The molecule has 0 spiro atoms. The SMILES string of the molecule is C[Si](C)(C)C#Cc1ccc2c3c([nH]c2c1)Cc1ccc(C#N)cc1C3=O. The van der Waals surface area contributed by atoms with Gasteiger partial charge < -0.3 is 4.98 Å². The Hall–Kier alpha value is -3.08. The van der Waals surface area contributed by atoms with E-state index in [0.717, 1.165) is 33.3 Å². The zero-order chi connectivity index (χ0) is 18.5. The minimum atomic E-state index is -1.43. The molecule has 3 aromatic rings. The molecule has 0 unspecified atom stereocenters. The van der Waals surface area contributed by atoms with Gasteiger partial charge in [-0.15, -0.1) is 5.54 Å². The van der Waals surface area contributed by atoms with Gasteiger partial charge in [-0.05, 0) is 29.8 Å². The molecule has 0 fully saturated rings. The monoisotopic (exact) mass is 354 g/mol. The van der Waals surface area contributed by atoms with Crippen LogP contribution in [0.1, 0.15) is 38.3 Å². The lowest BCUT2D eigenvalue weighted by Crippen LogP contribution is -2.16. The van der Waals surface area contributed by atoms with Crippen LogP contribution in [0, 0.1) is 22.8 Å². The third kappa shape index (κ3) is 2.75. The molecule has 4 heteroatoms. The van der Waals surface area contributed by atoms with Crippen molar-refractivity contribution in [3.63, 3.8) is 0 Å². The quantitative estimate of drug-likeness (QED) is 0.376. The minimum Gasteiger partial charge on any atom is -0.357 e. The van der Waals surface area contributed by atoms with E-state index in [4.69, 9.17) is 5.26 Å². The summed E-state index contributed by atoms with van der Waals surface area (Å²) in [4.78, 5) is 16.5. The minimum absolute atomic E-state index is 0.00877. The molecule has 0 aliphatic heterocycles. The summed E-state index contributed by atoms with van der Waals surface area (Å²) in [5.41, 5.74) is 9.08. The summed E-state index contributed by atoms with van der Waals surface area (Å²) >= 11 is 0. The summed E-state index contributed by atoms with van der Waals surface area (Å²) in [6, 6.07) is 13.5. The van der Waals surface area contributed by atoms with Crippen LogP contribution >= 0.6 is 0 Å². The fraction of sp³-hybridized carbons (Fsp3) is 0.182. The van der Waals surface area contributed by atoms with Gasteiger partial charge in [0.05, 0.1) is 17.2 Å². The number of nitrogens with one attached hydrogen (secondary N) is 1. The molecule has 0 atom stereocenters. The van der Waals surface area contributed by atoms with Crippen molar-refractivity contribution in [1.29, 1.82) is 5.26 Å². The lowest BCUT2D eigenvalue weighted by Gasteiger charge is -2.15. The molecule has 126 valence electrons. The van der Waals surface area contributed by atoms with Crippen molar-refractivity contribution < 1.29 is 4.79 Å². The van der Waals surface area contributed by atoms with Crippen LogP contribution in [0.5, 0.6) is 0 Å². The number of ketones is 1. The highest BCUT2D eigenvalue weighted by atomic mass is 28.3. The number of hydrogen-bond acceptors (Lipinski definition) is 2. The molecule has 1 aromatic heterocycles. The van der Waals surface area contributed by atoms with Crippen LogP contribution in [0.2, 0.25) is 19.6 Å². The van der Waals surface area contributed by atoms with Crippen molar-refractivity contribution in [1.82, 2.24) is 4.98 Å². The number of rotatable bonds is 0. The van der Waals surface area contributed by atoms with Crippen molar-refractivity contribution in [2.75, 3.05) is 0 Å². The number of carbonyl (C=O) groups is 1. The van der Waals surface area contributed by atoms with Gasteiger partial charge in [0.25, 0.3) is 0 Å². The summed E-state index contributed by atoms with van der Waals surface area (Å²) in [6.07, 6.45) is 0.673. The zero-order valence-corrected chi connectivity index (χ0v) is 16.0. The summed E-state index contributed by atoms with van der Waals surface area (Å²) in [7, 11) is -1.43. The number of nitriles is 1. The third-order valence-corrected chi connectivity index (χ3v) is 5.41. The molecule has 3 nitrogen and oxygen atoms in total. The standard InChI is InChI=1S/C22H18N2OSi/c1-26(2,3)9-8-14-5-7-17-19(11-14)24-20-12-16-6-4-15(13-23)10-18(16)22(25)21(17)20/h4-7,10-11,24H,12H2,1-3H3. The first-order valence-electron chi connectivity index (χ1n) is 8.61. The molecule has 1 aliphatic carbocycles. The summed E-state index contributed by atoms with van der Waals surface area (Å²) in [6.45, 7) is 6.66. The van der Waals surface area contributed by atoms with Gasteiger partial charge in [0, 0.05) is 34.1 Å². The molecule has 0 radical (unpaired) electrons. The Morgan fingerprint density at radius 1 is 1.08 bits per heavy atom. The Bertz CT molecular complexity index is 1180. The summed E-state index contributed by atoms with van der Waals surface area (Å²) < 4.78 is 0. The molecule has 1 heterocycles. The molecule has 1 N–H and O–H groups in total. The fourth-order valence-corrected chi connectivity index (χ4v) is 3.84. The maximum Gasteiger partial charge on any atom is 0.195 e. The van der Waals surface area contributed by atoms with Crippen LogP contribution in [0.25, 0.3) is 10.9 Å². The number of carbonyl (C=O) groups excluding carboxylic acids is 1. The van der Waals surface area contributed by atoms with Gasteiger partial charge in [0.1, 0.15) is 8.07 Å². The van der Waals surface area contributed by atoms with Crippen molar-refractivity contribution in [2.45, 2.75) is 26.1 Å². The lowest BCUT2D eigenvalue weighted by atomic mass is 9.87. The second kappa shape index (κ2) is 5.73. The highest BCUT2D eigenvalue weighted by Gasteiger charge is 2.27. The molecule has 0 amide bonds. The van der Waals surface area contributed by atoms with Gasteiger partial charge >= 0.3 is 0 Å². The fourth-order valence-electron chi connectivity index (χ4n) is 3.32. The van der Waals surface area contributed by atoms with E-state index in [1.165, 1.54) is 0 Å². The average molecular weight is 354 g/mol. The zero-order valence-electron chi connectivity index (χ0n) is 15.0. The van der Waals surface area contributed by atoms with Crippen molar-refractivity contribution in [3.05, 3.63) is 69.9 Å². The normalized spacial score (nSPS) is 12.8. The first kappa shape index (κ1) is 16.4. The van der Waals surface area contributed by atoms with Crippen LogP contribution in [-0.4, -0.2) is 18.8 Å². The molecule has 0 saturated carbocycles. The van der Waals surface area contributed by atoms with E-state index in [2.05, 4.69) is 42.2 Å². The number of benzene rings is 2. The predicted octanol–water partition coefficient (Wildman–Crippen LogP) is 4.40. The summed E-state index contributed by atoms with van der Waals surface area (Å²) in [5.74, 6) is 3.26. The Labute approximate surface area is 153 Å². The van der Waals surface area contributed by atoms with E-state index in [-0.39, 0.29) is 5.78 Å². The van der Waals surface area contributed by atoms with E-state index >= 15 is 0 Å². The van der Waals surface area contributed by atoms with Gasteiger partial charge in [-0.25, -0.2) is 0 Å². The number of aromatic nitrogens is 1. The second-order valence-corrected chi connectivity index (χ2v) is 12.5. The lowest BCUT2D eigenvalue weighted by molar-refractivity contribution is 0.103. The number of fused-ring (bicyclic) bond motifs is 4. The van der Waals surface area contributed by atoms with E-state index in [1.807, 2.05) is 24.3 Å². The van der Waals surface area contributed by atoms with Gasteiger partial charge in [-0.2, -0.15) is 5.26 Å². The molecular weight excluding hydrogens is 336 g/mol. The maximum atomic E-state index is 13.0. The molecule has 2 aromatic carbocycles. The molecule has 26 heavy (non-hydrogen) atoms. The van der Waals surface area contributed by atoms with Crippen LogP contribution < -0.4 is 0 Å². The van der Waals surface area contributed by atoms with Crippen LogP contribution in [0.4, 0.5) is 0 Å². The van der Waals surface area contributed by atoms with Crippen LogP contribution in [0.3, 0.4) is 0 Å². The van der Waals surface area contributed by atoms with E-state index < -0.39 is 8.07 Å². The van der Waals surface area contributed by atoms with E-state index in [1.54, 1.807) is 12.1 Å². The van der Waals surface area contributed by atoms with Gasteiger partial charge in [-0.3, -0.25) is 4.79 Å². The highest BCUT2D eigenvalue weighted by Crippen LogP contribution is 2.33. The largest absolute Gasteiger partial charge is 0.357 e. The highest BCUT2D eigenvalue weighted by molar-refractivity contribution is 6.83.